The third kappa shape index (κ3) is 53.8. The monoisotopic (exact) mass is 946 g/mol. The lowest BCUT2D eigenvalue weighted by atomic mass is 10.0. The van der Waals surface area contributed by atoms with E-state index in [1.54, 1.807) is 6.08 Å². The number of amides is 1. The van der Waals surface area contributed by atoms with E-state index in [2.05, 4.69) is 19.2 Å². The molecule has 0 rings (SSSR count). The second kappa shape index (κ2) is 57.2. The van der Waals surface area contributed by atoms with Crippen molar-refractivity contribution in [3.05, 3.63) is 12.2 Å². The molecule has 0 bridgehead atoms. The molecular weight excluding hydrogens is 827 g/mol. The van der Waals surface area contributed by atoms with E-state index in [0.717, 1.165) is 38.5 Å². The number of allylic oxidation sites excluding steroid dienone is 1. The average molecular weight is 947 g/mol. The van der Waals surface area contributed by atoms with Crippen LogP contribution in [-0.2, 0) is 14.3 Å². The van der Waals surface area contributed by atoms with E-state index >= 15 is 0 Å². The van der Waals surface area contributed by atoms with Crippen LogP contribution in [0.4, 0.5) is 0 Å². The third-order valence-corrected chi connectivity index (χ3v) is 14.3. The van der Waals surface area contributed by atoms with Gasteiger partial charge in [-0.25, -0.2) is 0 Å². The minimum Gasteiger partial charge on any atom is -0.466 e. The molecule has 3 N–H and O–H groups in total. The zero-order valence-electron chi connectivity index (χ0n) is 45.4. The lowest BCUT2D eigenvalue weighted by Gasteiger charge is -2.20. The maximum Gasteiger partial charge on any atom is 0.305 e. The second-order valence-electron chi connectivity index (χ2n) is 21.0. The summed E-state index contributed by atoms with van der Waals surface area (Å²) in [6.45, 7) is 4.90. The van der Waals surface area contributed by atoms with Gasteiger partial charge in [0, 0.05) is 12.8 Å². The SMILES string of the molecule is CCCCCCCCC/C=C/C(O)C(CO)NC(=O)CCCCCCCCCCCCCCCCCCCCCCCCCCCCCOC(=O)CCCCCCCCCCCCCCCC. The van der Waals surface area contributed by atoms with Crippen LogP contribution in [0.3, 0.4) is 0 Å². The lowest BCUT2D eigenvalue weighted by Crippen LogP contribution is -2.45. The molecule has 0 saturated heterocycles. The molecule has 0 aliphatic rings. The minimum atomic E-state index is -0.839. The first-order valence-electron chi connectivity index (χ1n) is 30.5. The molecule has 0 aromatic rings. The van der Waals surface area contributed by atoms with Crippen LogP contribution < -0.4 is 5.32 Å². The zero-order valence-corrected chi connectivity index (χ0v) is 45.4. The Kier molecular flexibility index (Phi) is 56.0. The number of hydrogen-bond donors (Lipinski definition) is 3. The van der Waals surface area contributed by atoms with Gasteiger partial charge in [-0.05, 0) is 32.1 Å². The maximum absolute atomic E-state index is 12.4. The van der Waals surface area contributed by atoms with Crippen LogP contribution in [0.25, 0.3) is 0 Å². The quantitative estimate of drug-likeness (QED) is 0.0321. The molecule has 6 heteroatoms. The fourth-order valence-electron chi connectivity index (χ4n) is 9.64. The summed E-state index contributed by atoms with van der Waals surface area (Å²) >= 11 is 0. The van der Waals surface area contributed by atoms with Crippen molar-refractivity contribution in [1.29, 1.82) is 0 Å². The summed E-state index contributed by atoms with van der Waals surface area (Å²) in [6.07, 6.45) is 68.4. The van der Waals surface area contributed by atoms with Gasteiger partial charge in [0.15, 0.2) is 0 Å². The van der Waals surface area contributed by atoms with Crippen LogP contribution in [0.5, 0.6) is 0 Å². The highest BCUT2D eigenvalue weighted by molar-refractivity contribution is 5.76. The second-order valence-corrected chi connectivity index (χ2v) is 21.0. The van der Waals surface area contributed by atoms with E-state index in [9.17, 15) is 19.8 Å². The van der Waals surface area contributed by atoms with Crippen molar-refractivity contribution in [1.82, 2.24) is 5.32 Å². The van der Waals surface area contributed by atoms with Crippen molar-refractivity contribution in [2.75, 3.05) is 13.2 Å². The molecule has 2 atom stereocenters. The predicted octanol–water partition coefficient (Wildman–Crippen LogP) is 18.9. The lowest BCUT2D eigenvalue weighted by molar-refractivity contribution is -0.143. The van der Waals surface area contributed by atoms with Crippen LogP contribution in [-0.4, -0.2) is 47.4 Å². The number of carbonyl (C=O) groups is 2. The van der Waals surface area contributed by atoms with Crippen molar-refractivity contribution in [3.8, 4) is 0 Å². The first kappa shape index (κ1) is 65.6. The van der Waals surface area contributed by atoms with E-state index in [-0.39, 0.29) is 18.5 Å². The number of ether oxygens (including phenoxy) is 1. The van der Waals surface area contributed by atoms with Gasteiger partial charge in [-0.15, -0.1) is 0 Å². The molecule has 0 aromatic heterocycles. The fraction of sp³-hybridized carbons (Fsp3) is 0.934. The van der Waals surface area contributed by atoms with Gasteiger partial charge in [-0.3, -0.25) is 9.59 Å². The smallest absolute Gasteiger partial charge is 0.305 e. The molecular formula is C61H119NO5. The van der Waals surface area contributed by atoms with Crippen LogP contribution in [0, 0.1) is 0 Å². The molecule has 67 heavy (non-hydrogen) atoms. The number of esters is 1. The Morgan fingerprint density at radius 3 is 1.01 bits per heavy atom. The van der Waals surface area contributed by atoms with Gasteiger partial charge in [-0.1, -0.05) is 309 Å². The minimum absolute atomic E-state index is 0.0202. The third-order valence-electron chi connectivity index (χ3n) is 14.3. The molecule has 2 unspecified atom stereocenters. The van der Waals surface area contributed by atoms with Crippen LogP contribution in [0.2, 0.25) is 0 Å². The van der Waals surface area contributed by atoms with Crippen molar-refractivity contribution in [2.45, 2.75) is 353 Å². The number of nitrogens with one attached hydrogen (secondary N) is 1. The standard InChI is InChI=1S/C61H119NO5/c1-3-5-7-9-11-13-14-15-32-35-39-43-47-51-55-61(66)67-56-52-48-44-40-36-33-30-28-26-24-22-20-18-16-17-19-21-23-25-27-29-31-34-38-42-46-50-54-60(65)62-58(57-63)59(64)53-49-45-41-37-12-10-8-6-4-2/h49,53,58-59,63-64H,3-48,50-52,54-57H2,1-2H3,(H,62,65)/b53-49+. The van der Waals surface area contributed by atoms with Gasteiger partial charge in [0.05, 0.1) is 25.4 Å². The van der Waals surface area contributed by atoms with Gasteiger partial charge in [0.1, 0.15) is 0 Å². The van der Waals surface area contributed by atoms with Crippen molar-refractivity contribution in [3.63, 3.8) is 0 Å². The largest absolute Gasteiger partial charge is 0.466 e. The summed E-state index contributed by atoms with van der Waals surface area (Å²) in [5, 5.41) is 22.9. The number of hydrogen-bond acceptors (Lipinski definition) is 5. The highest BCUT2D eigenvalue weighted by atomic mass is 16.5. The Labute approximate surface area is 419 Å². The Bertz CT molecular complexity index is 1000. The summed E-state index contributed by atoms with van der Waals surface area (Å²) in [5.74, 6) is -0.0464. The Morgan fingerprint density at radius 2 is 0.687 bits per heavy atom. The molecule has 0 spiro atoms. The fourth-order valence-corrected chi connectivity index (χ4v) is 9.64. The van der Waals surface area contributed by atoms with Crippen LogP contribution >= 0.6 is 0 Å². The van der Waals surface area contributed by atoms with Crippen molar-refractivity contribution < 1.29 is 24.5 Å². The van der Waals surface area contributed by atoms with Crippen molar-refractivity contribution >= 4 is 11.9 Å². The normalized spacial score (nSPS) is 12.6. The zero-order chi connectivity index (χ0) is 48.6. The Balaban J connectivity index is 3.31. The number of aliphatic hydroxyl groups is 2. The summed E-state index contributed by atoms with van der Waals surface area (Å²) in [5.41, 5.74) is 0. The summed E-state index contributed by atoms with van der Waals surface area (Å²) in [7, 11) is 0. The molecule has 398 valence electrons. The summed E-state index contributed by atoms with van der Waals surface area (Å²) < 4.78 is 5.49. The van der Waals surface area contributed by atoms with Gasteiger partial charge in [0.2, 0.25) is 5.91 Å². The summed E-state index contributed by atoms with van der Waals surface area (Å²) in [4.78, 5) is 24.4. The highest BCUT2D eigenvalue weighted by Crippen LogP contribution is 2.18. The maximum atomic E-state index is 12.4. The van der Waals surface area contributed by atoms with E-state index in [0.29, 0.717) is 19.4 Å². The van der Waals surface area contributed by atoms with E-state index in [1.807, 2.05) is 6.08 Å². The molecule has 1 amide bonds. The van der Waals surface area contributed by atoms with E-state index in [1.165, 1.54) is 276 Å². The number of rotatable bonds is 57. The molecule has 0 radical (unpaired) electrons. The molecule has 0 heterocycles. The van der Waals surface area contributed by atoms with Gasteiger partial charge >= 0.3 is 5.97 Å². The molecule has 0 saturated carbocycles. The highest BCUT2D eigenvalue weighted by Gasteiger charge is 2.18. The first-order valence-corrected chi connectivity index (χ1v) is 30.5. The van der Waals surface area contributed by atoms with Gasteiger partial charge in [-0.2, -0.15) is 0 Å². The summed E-state index contributed by atoms with van der Waals surface area (Å²) in [6, 6.07) is -0.622. The first-order chi connectivity index (χ1) is 33.0. The number of aliphatic hydroxyl groups excluding tert-OH is 2. The van der Waals surface area contributed by atoms with E-state index in [4.69, 9.17) is 4.74 Å². The topological polar surface area (TPSA) is 95.9 Å². The molecule has 0 aliphatic heterocycles. The van der Waals surface area contributed by atoms with Gasteiger partial charge < -0.3 is 20.3 Å². The molecule has 6 nitrogen and oxygen atoms in total. The van der Waals surface area contributed by atoms with E-state index < -0.39 is 12.1 Å². The Morgan fingerprint density at radius 1 is 0.403 bits per heavy atom. The van der Waals surface area contributed by atoms with Gasteiger partial charge in [0.25, 0.3) is 0 Å². The Hall–Kier alpha value is -1.40. The number of carbonyl (C=O) groups excluding carboxylic acids is 2. The number of unbranched alkanes of at least 4 members (excludes halogenated alkanes) is 46. The molecule has 0 aliphatic carbocycles. The van der Waals surface area contributed by atoms with Crippen LogP contribution in [0.1, 0.15) is 341 Å². The van der Waals surface area contributed by atoms with Crippen LogP contribution in [0.15, 0.2) is 12.2 Å². The molecule has 0 aromatic carbocycles. The molecule has 0 fully saturated rings. The van der Waals surface area contributed by atoms with Crippen molar-refractivity contribution in [2.24, 2.45) is 0 Å². The predicted molar refractivity (Wildman–Crippen MR) is 292 cm³/mol. The average Bonchev–Trinajstić information content (AvgIpc) is 3.33.